The van der Waals surface area contributed by atoms with E-state index in [9.17, 15) is 59.1 Å². The normalized spacial score (nSPS) is 36.6. The van der Waals surface area contributed by atoms with E-state index in [0.29, 0.717) is 5.57 Å². The van der Waals surface area contributed by atoms with Gasteiger partial charge in [-0.25, -0.2) is 19.2 Å². The van der Waals surface area contributed by atoms with Crippen LogP contribution in [0.2, 0.25) is 13.1 Å². The van der Waals surface area contributed by atoms with Crippen molar-refractivity contribution in [3.8, 4) is 0 Å². The maximum Gasteiger partial charge on any atom is 0.509 e. The van der Waals surface area contributed by atoms with Crippen LogP contribution in [-0.2, 0) is 71.0 Å². The minimum atomic E-state index is -2.88. The van der Waals surface area contributed by atoms with E-state index in [2.05, 4.69) is 0 Å². The second-order valence-corrected chi connectivity index (χ2v) is 32.7. The van der Waals surface area contributed by atoms with E-state index in [4.69, 9.17) is 51.8 Å². The molecule has 8 aliphatic rings. The van der Waals surface area contributed by atoms with Crippen molar-refractivity contribution in [1.29, 1.82) is 0 Å². The summed E-state index contributed by atoms with van der Waals surface area (Å²) in [6.07, 6.45) is -16.5. The molecule has 4 saturated carbocycles. The summed E-state index contributed by atoms with van der Waals surface area (Å²) in [5.41, 5.74) is -13.1. The first-order valence-electron chi connectivity index (χ1n) is 33.0. The van der Waals surface area contributed by atoms with E-state index in [1.165, 1.54) is 32.9 Å². The highest BCUT2D eigenvalue weighted by atomic mass is 28.4. The van der Waals surface area contributed by atoms with Crippen LogP contribution in [0.3, 0.4) is 0 Å². The van der Waals surface area contributed by atoms with E-state index in [0.717, 1.165) is 5.19 Å². The minimum Gasteiger partial charge on any atom is -0.455 e. The van der Waals surface area contributed by atoms with Crippen molar-refractivity contribution in [3.05, 3.63) is 124 Å². The number of benzene rings is 3. The standard InChI is InChI=1S/C40H50O12Si.C32H40O12/c1-9-47-36(45)49-31-30-23(2)27(42)21-40(46,37(30,4)5)34(50-35(44)25-16-12-10-13-17-25)32-38(6,33(31)43)28(20-29-39(32,22-48-29)51-24(3)41)52-53(7,8)26-18-14-11-15-19-26;1-7-40-28(38)42-23-22-16(2)19(34)14-32(39,29(22,4)5)26(43-27(37)18-11-9-8-10-12-18)24-30(6,25(23)36)20(35)13-21-31(24,15-41-21)44-17(3)33/h10-19,27-29,31-32,34,42,46H,9,20-22H2,1-8H3;8-12,19-21,23-24,26,34-35,39H,7,13-15H2,1-6H3/t27-,28-,29+,31+,32?,34-,38+,39-,40+;19-,20-,21+,23+,24?,26-,30+,31-,32+/m00/s1. The fraction of sp³-hybridized carbons (Fsp3) is 0.583. The maximum absolute atomic E-state index is 15.9. The topological polar surface area (TPSA) is 339 Å². The van der Waals surface area contributed by atoms with Crippen molar-refractivity contribution >= 4 is 61.3 Å². The van der Waals surface area contributed by atoms with Gasteiger partial charge in [0.1, 0.15) is 35.6 Å². The summed E-state index contributed by atoms with van der Waals surface area (Å²) in [7, 11) is -2.88. The molecule has 97 heavy (non-hydrogen) atoms. The van der Waals surface area contributed by atoms with E-state index in [-0.39, 0.29) is 80.0 Å². The Morgan fingerprint density at radius 3 is 1.29 bits per heavy atom. The zero-order chi connectivity index (χ0) is 71.1. The molecular weight excluding hydrogens is 1280 g/mol. The van der Waals surface area contributed by atoms with E-state index >= 15 is 4.79 Å². The molecule has 2 heterocycles. The van der Waals surface area contributed by atoms with Crippen LogP contribution in [0.5, 0.6) is 0 Å². The fourth-order valence-electron chi connectivity index (χ4n) is 17.4. The predicted octanol–water partition coefficient (Wildman–Crippen LogP) is 6.66. The van der Waals surface area contributed by atoms with Gasteiger partial charge in [-0.3, -0.25) is 19.2 Å². The first-order valence-corrected chi connectivity index (χ1v) is 35.9. The molecule has 4 bridgehead atoms. The van der Waals surface area contributed by atoms with Gasteiger partial charge in [-0.2, -0.15) is 0 Å². The van der Waals surface area contributed by atoms with Crippen molar-refractivity contribution in [2.24, 2.45) is 33.5 Å². The Labute approximate surface area is 564 Å². The maximum atomic E-state index is 15.9. The lowest BCUT2D eigenvalue weighted by Gasteiger charge is -2.68. The van der Waals surface area contributed by atoms with Gasteiger partial charge < -0.3 is 77.3 Å². The number of hydrogen-bond acceptors (Lipinski definition) is 24. The third-order valence-corrected chi connectivity index (χ3v) is 25.3. The van der Waals surface area contributed by atoms with Crippen LogP contribution in [0.1, 0.15) is 129 Å². The summed E-state index contributed by atoms with van der Waals surface area (Å²) < 4.78 is 65.7. The Bertz CT molecular complexity index is 3650. The average Bonchev–Trinajstić information content (AvgIpc) is 0.675. The van der Waals surface area contributed by atoms with Crippen LogP contribution in [-0.4, -0.2) is 191 Å². The molecule has 0 spiro atoms. The zero-order valence-corrected chi connectivity index (χ0v) is 58.2. The molecule has 526 valence electrons. The summed E-state index contributed by atoms with van der Waals surface area (Å²) >= 11 is 0. The number of fused-ring (bicyclic) bond motifs is 10. The van der Waals surface area contributed by atoms with Crippen molar-refractivity contribution in [2.45, 2.75) is 205 Å². The molecule has 6 fully saturated rings. The summed E-state index contributed by atoms with van der Waals surface area (Å²) in [6, 6.07) is 25.9. The van der Waals surface area contributed by atoms with Crippen LogP contribution in [0.4, 0.5) is 9.59 Å². The third kappa shape index (κ3) is 11.6. The Hall–Kier alpha value is -7.20. The summed E-state index contributed by atoms with van der Waals surface area (Å²) in [6.45, 7) is 21.9. The van der Waals surface area contributed by atoms with Crippen molar-refractivity contribution < 1.29 is 116 Å². The number of hydrogen-bond donors (Lipinski definition) is 5. The largest absolute Gasteiger partial charge is 0.509 e. The number of carbonyl (C=O) groups is 8. The van der Waals surface area contributed by atoms with Crippen LogP contribution in [0.15, 0.2) is 113 Å². The lowest BCUT2D eigenvalue weighted by Crippen LogP contribution is -2.82. The Morgan fingerprint density at radius 2 is 0.918 bits per heavy atom. The average molecular weight is 1370 g/mol. The van der Waals surface area contributed by atoms with Crippen LogP contribution in [0, 0.1) is 33.5 Å². The number of ether oxygens (including phenoxy) is 10. The monoisotopic (exact) mass is 1370 g/mol. The van der Waals surface area contributed by atoms with Gasteiger partial charge in [0.2, 0.25) is 8.32 Å². The van der Waals surface area contributed by atoms with Crippen molar-refractivity contribution in [1.82, 2.24) is 0 Å². The summed E-state index contributed by atoms with van der Waals surface area (Å²) in [4.78, 5) is 110. The molecule has 3 aromatic carbocycles. The van der Waals surface area contributed by atoms with Crippen molar-refractivity contribution in [3.63, 3.8) is 0 Å². The lowest BCUT2D eigenvalue weighted by atomic mass is 9.44. The van der Waals surface area contributed by atoms with Gasteiger partial charge in [-0.05, 0) is 106 Å². The van der Waals surface area contributed by atoms with Crippen LogP contribution < -0.4 is 5.19 Å². The first kappa shape index (κ1) is 72.5. The van der Waals surface area contributed by atoms with Gasteiger partial charge in [0.25, 0.3) is 0 Å². The van der Waals surface area contributed by atoms with Gasteiger partial charge >= 0.3 is 36.2 Å². The fourth-order valence-corrected chi connectivity index (χ4v) is 19.6. The first-order chi connectivity index (χ1) is 45.4. The van der Waals surface area contributed by atoms with Crippen LogP contribution in [0.25, 0.3) is 0 Å². The quantitative estimate of drug-likeness (QED) is 0.0516. The minimum absolute atomic E-state index is 0.0394. The van der Waals surface area contributed by atoms with Crippen LogP contribution >= 0.6 is 0 Å². The highest BCUT2D eigenvalue weighted by molar-refractivity contribution is 6.84. The number of aliphatic hydroxyl groups is 5. The van der Waals surface area contributed by atoms with E-state index in [1.807, 2.05) is 43.4 Å². The number of esters is 4. The predicted molar refractivity (Wildman–Crippen MR) is 345 cm³/mol. The summed E-state index contributed by atoms with van der Waals surface area (Å²) in [5, 5.41) is 62.0. The Morgan fingerprint density at radius 1 is 0.546 bits per heavy atom. The molecule has 2 unspecified atom stereocenters. The van der Waals surface area contributed by atoms with Gasteiger partial charge in [0.15, 0.2) is 35.0 Å². The Balaban J connectivity index is 0.000000214. The molecule has 2 saturated heterocycles. The molecule has 25 heteroatoms. The summed E-state index contributed by atoms with van der Waals surface area (Å²) in [5.74, 6) is -7.21. The SMILES string of the molecule is CCOC(=O)O[C@H]1C(=O)[C@@]2(C)C([C@H](OC(=O)c3ccccc3)[C@]3(O)C[C@H](O)C(C)=C1C3(C)C)[C@]1(OC(C)=O)CO[C@@H]1C[C@@H]2O.CCOC(=O)O[C@H]1C(=O)[C@@]2(C)C([C@H](OC(=O)c3ccccc3)[C@]3(O)C[C@H](O)C(C)=C1C3(C)C)[C@]1(OC(C)=O)CO[C@@H]1C[C@@H]2O[Si](C)(C)c1ccccc1. The highest BCUT2D eigenvalue weighted by Gasteiger charge is 2.81. The molecule has 0 radical (unpaired) electrons. The molecule has 2 aliphatic heterocycles. The van der Waals surface area contributed by atoms with Gasteiger partial charge in [-0.1, -0.05) is 94.4 Å². The number of Topliss-reactive ketones (excluding diaryl/α,β-unsaturated/α-hetero) is 2. The molecule has 6 aliphatic carbocycles. The second kappa shape index (κ2) is 26.1. The molecule has 24 nitrogen and oxygen atoms in total. The lowest BCUT2D eigenvalue weighted by molar-refractivity contribution is -0.345. The van der Waals surface area contributed by atoms with Gasteiger partial charge in [-0.15, -0.1) is 0 Å². The molecular formula is C72H90O24Si. The number of carbonyl (C=O) groups excluding carboxylic acids is 8. The molecule has 0 amide bonds. The molecule has 3 aromatic rings. The number of aliphatic hydroxyl groups excluding tert-OH is 3. The molecule has 0 aromatic heterocycles. The molecule has 18 atom stereocenters. The zero-order valence-electron chi connectivity index (χ0n) is 57.2. The Kier molecular flexibility index (Phi) is 19.6. The smallest absolute Gasteiger partial charge is 0.455 e. The third-order valence-electron chi connectivity index (χ3n) is 22.7. The van der Waals surface area contributed by atoms with Gasteiger partial charge in [0.05, 0.1) is 84.6 Å². The van der Waals surface area contributed by atoms with E-state index < -0.39 is 173 Å². The number of rotatable bonds is 13. The van der Waals surface area contributed by atoms with E-state index in [1.54, 1.807) is 111 Å². The van der Waals surface area contributed by atoms with Gasteiger partial charge in [0, 0.05) is 50.4 Å². The molecule has 5 N–H and O–H groups in total. The highest BCUT2D eigenvalue weighted by Crippen LogP contribution is 2.67. The molecule has 11 rings (SSSR count). The second-order valence-electron chi connectivity index (χ2n) is 28.9. The number of ketones is 2. The van der Waals surface area contributed by atoms with Crippen molar-refractivity contribution in [2.75, 3.05) is 26.4 Å².